The Morgan fingerprint density at radius 2 is 2.33 bits per heavy atom. The number of ether oxygens (including phenoxy) is 3. The lowest BCUT2D eigenvalue weighted by Gasteiger charge is -2.24. The van der Waals surface area contributed by atoms with Crippen LogP contribution in [0.3, 0.4) is 0 Å². The monoisotopic (exact) mass is 295 g/mol. The molecule has 1 aliphatic heterocycles. The molecule has 1 heterocycles. The van der Waals surface area contributed by atoms with Gasteiger partial charge in [-0.3, -0.25) is 4.79 Å². The summed E-state index contributed by atoms with van der Waals surface area (Å²) in [7, 11) is 1.56. The van der Waals surface area contributed by atoms with Gasteiger partial charge in [0.05, 0.1) is 13.7 Å². The highest BCUT2D eigenvalue weighted by Gasteiger charge is 2.18. The van der Waals surface area contributed by atoms with Crippen molar-refractivity contribution in [2.24, 2.45) is 5.73 Å². The highest BCUT2D eigenvalue weighted by molar-refractivity contribution is 5.73. The smallest absolute Gasteiger partial charge is 0.320 e. The van der Waals surface area contributed by atoms with Crippen LogP contribution in [0.2, 0.25) is 0 Å². The molecule has 0 spiro atoms. The van der Waals surface area contributed by atoms with E-state index in [2.05, 4.69) is 0 Å². The molecule has 2 rings (SSSR count). The molecular weight excluding hydrogens is 274 g/mol. The molecule has 0 aromatic heterocycles. The van der Waals surface area contributed by atoms with Crippen LogP contribution in [0.4, 0.5) is 0 Å². The van der Waals surface area contributed by atoms with Gasteiger partial charge in [-0.2, -0.15) is 0 Å². The number of aliphatic carboxylic acids is 1. The second-order valence-corrected chi connectivity index (χ2v) is 5.09. The average molecular weight is 295 g/mol. The molecule has 0 amide bonds. The Labute approximate surface area is 123 Å². The summed E-state index contributed by atoms with van der Waals surface area (Å²) < 4.78 is 16.6. The Bertz CT molecular complexity index is 485. The number of carboxylic acids is 1. The van der Waals surface area contributed by atoms with Gasteiger partial charge in [0.15, 0.2) is 11.5 Å². The summed E-state index contributed by atoms with van der Waals surface area (Å²) in [6.45, 7) is 1.36. The molecule has 1 aromatic carbocycles. The molecule has 1 aliphatic rings. The predicted octanol–water partition coefficient (Wildman–Crippen LogP) is 1.21. The van der Waals surface area contributed by atoms with Crippen molar-refractivity contribution in [3.63, 3.8) is 0 Å². The van der Waals surface area contributed by atoms with Gasteiger partial charge in [0.25, 0.3) is 0 Å². The minimum Gasteiger partial charge on any atom is -0.493 e. The SMILES string of the molecule is COc1cc(CC(N)C(=O)O)ccc1OC1CCCOC1. The van der Waals surface area contributed by atoms with E-state index in [0.29, 0.717) is 18.1 Å². The normalized spacial score (nSPS) is 19.8. The largest absolute Gasteiger partial charge is 0.493 e. The van der Waals surface area contributed by atoms with Crippen LogP contribution in [-0.2, 0) is 16.0 Å². The third kappa shape index (κ3) is 4.34. The van der Waals surface area contributed by atoms with E-state index in [-0.39, 0.29) is 12.5 Å². The second-order valence-electron chi connectivity index (χ2n) is 5.09. The van der Waals surface area contributed by atoms with Crippen molar-refractivity contribution >= 4 is 5.97 Å². The van der Waals surface area contributed by atoms with Gasteiger partial charge >= 0.3 is 5.97 Å². The summed E-state index contributed by atoms with van der Waals surface area (Å²) in [6, 6.07) is 4.44. The standard InChI is InChI=1S/C15H21NO5/c1-19-14-8-10(7-12(16)15(17)18)4-5-13(14)21-11-3-2-6-20-9-11/h4-5,8,11-12H,2-3,6-7,9,16H2,1H3,(H,17,18). The lowest BCUT2D eigenvalue weighted by molar-refractivity contribution is -0.138. The number of nitrogens with two attached hydrogens (primary N) is 1. The third-order valence-electron chi connectivity index (χ3n) is 3.41. The van der Waals surface area contributed by atoms with Gasteiger partial charge in [0.2, 0.25) is 0 Å². The molecule has 1 aromatic rings. The van der Waals surface area contributed by atoms with Gasteiger partial charge in [-0.15, -0.1) is 0 Å². The Kier molecular flexibility index (Phi) is 5.41. The van der Waals surface area contributed by atoms with Gasteiger partial charge in [-0.1, -0.05) is 6.07 Å². The van der Waals surface area contributed by atoms with Gasteiger partial charge in [-0.25, -0.2) is 0 Å². The van der Waals surface area contributed by atoms with Crippen molar-refractivity contribution in [1.29, 1.82) is 0 Å². The van der Waals surface area contributed by atoms with Crippen LogP contribution in [0.1, 0.15) is 18.4 Å². The molecule has 0 aliphatic carbocycles. The predicted molar refractivity (Wildman–Crippen MR) is 76.8 cm³/mol. The summed E-state index contributed by atoms with van der Waals surface area (Å²) in [4.78, 5) is 10.8. The van der Waals surface area contributed by atoms with E-state index in [4.69, 9.17) is 25.1 Å². The van der Waals surface area contributed by atoms with Crippen LogP contribution in [0.15, 0.2) is 18.2 Å². The lowest BCUT2D eigenvalue weighted by atomic mass is 10.1. The maximum atomic E-state index is 10.8. The lowest BCUT2D eigenvalue weighted by Crippen LogP contribution is -2.32. The molecule has 0 bridgehead atoms. The first-order chi connectivity index (χ1) is 10.1. The second kappa shape index (κ2) is 7.28. The van der Waals surface area contributed by atoms with E-state index in [1.165, 1.54) is 0 Å². The topological polar surface area (TPSA) is 91.0 Å². The first-order valence-corrected chi connectivity index (χ1v) is 7.00. The van der Waals surface area contributed by atoms with Crippen molar-refractivity contribution in [1.82, 2.24) is 0 Å². The Hall–Kier alpha value is -1.79. The highest BCUT2D eigenvalue weighted by atomic mass is 16.5. The molecule has 6 heteroatoms. The fourth-order valence-electron chi connectivity index (χ4n) is 2.26. The number of rotatable bonds is 6. The zero-order valence-corrected chi connectivity index (χ0v) is 12.1. The first-order valence-electron chi connectivity index (χ1n) is 7.00. The van der Waals surface area contributed by atoms with E-state index in [1.807, 2.05) is 6.07 Å². The minimum atomic E-state index is -1.02. The van der Waals surface area contributed by atoms with Crippen LogP contribution in [-0.4, -0.2) is 43.5 Å². The Balaban J connectivity index is 2.06. The fourth-order valence-corrected chi connectivity index (χ4v) is 2.26. The number of hydrogen-bond acceptors (Lipinski definition) is 5. The Morgan fingerprint density at radius 3 is 2.95 bits per heavy atom. The number of carbonyl (C=O) groups is 1. The zero-order valence-electron chi connectivity index (χ0n) is 12.1. The fraction of sp³-hybridized carbons (Fsp3) is 0.533. The van der Waals surface area contributed by atoms with Crippen molar-refractivity contribution in [3.05, 3.63) is 23.8 Å². The molecule has 6 nitrogen and oxygen atoms in total. The van der Waals surface area contributed by atoms with Crippen molar-refractivity contribution in [2.75, 3.05) is 20.3 Å². The zero-order chi connectivity index (χ0) is 15.2. The molecule has 2 unspecified atom stereocenters. The highest BCUT2D eigenvalue weighted by Crippen LogP contribution is 2.30. The molecule has 21 heavy (non-hydrogen) atoms. The molecule has 0 saturated carbocycles. The van der Waals surface area contributed by atoms with E-state index < -0.39 is 12.0 Å². The minimum absolute atomic E-state index is 0.0276. The number of benzene rings is 1. The summed E-state index contributed by atoms with van der Waals surface area (Å²) in [5, 5.41) is 8.85. The van der Waals surface area contributed by atoms with E-state index in [9.17, 15) is 4.79 Å². The quantitative estimate of drug-likeness (QED) is 0.819. The van der Waals surface area contributed by atoms with E-state index >= 15 is 0 Å². The van der Waals surface area contributed by atoms with Crippen molar-refractivity contribution in [3.8, 4) is 11.5 Å². The van der Waals surface area contributed by atoms with Crippen molar-refractivity contribution < 1.29 is 24.1 Å². The maximum absolute atomic E-state index is 10.8. The van der Waals surface area contributed by atoms with Crippen LogP contribution < -0.4 is 15.2 Å². The molecule has 1 fully saturated rings. The van der Waals surface area contributed by atoms with Crippen LogP contribution in [0.5, 0.6) is 11.5 Å². The molecule has 116 valence electrons. The average Bonchev–Trinajstić information content (AvgIpc) is 2.49. The van der Waals surface area contributed by atoms with Crippen LogP contribution in [0.25, 0.3) is 0 Å². The number of carboxylic acid groups (broad SMARTS) is 1. The van der Waals surface area contributed by atoms with E-state index in [0.717, 1.165) is 25.0 Å². The summed E-state index contributed by atoms with van der Waals surface area (Å²) in [6.07, 6.45) is 2.21. The molecule has 2 atom stereocenters. The summed E-state index contributed by atoms with van der Waals surface area (Å²) in [5.41, 5.74) is 6.34. The number of hydrogen-bond donors (Lipinski definition) is 2. The molecule has 1 saturated heterocycles. The van der Waals surface area contributed by atoms with Crippen LogP contribution >= 0.6 is 0 Å². The first kappa shape index (κ1) is 15.6. The van der Waals surface area contributed by atoms with Gasteiger partial charge < -0.3 is 25.1 Å². The summed E-state index contributed by atoms with van der Waals surface area (Å²) >= 11 is 0. The van der Waals surface area contributed by atoms with Gasteiger partial charge in [0, 0.05) is 6.61 Å². The summed E-state index contributed by atoms with van der Waals surface area (Å²) in [5.74, 6) is 0.199. The number of methoxy groups -OCH3 is 1. The Morgan fingerprint density at radius 1 is 1.52 bits per heavy atom. The molecular formula is C15H21NO5. The molecule has 3 N–H and O–H groups in total. The van der Waals surface area contributed by atoms with Crippen LogP contribution in [0, 0.1) is 0 Å². The van der Waals surface area contributed by atoms with Crippen molar-refractivity contribution in [2.45, 2.75) is 31.4 Å². The van der Waals surface area contributed by atoms with Gasteiger partial charge in [0.1, 0.15) is 12.1 Å². The van der Waals surface area contributed by atoms with E-state index in [1.54, 1.807) is 19.2 Å². The molecule has 0 radical (unpaired) electrons. The third-order valence-corrected chi connectivity index (χ3v) is 3.41. The van der Waals surface area contributed by atoms with Gasteiger partial charge in [-0.05, 0) is 37.0 Å². The maximum Gasteiger partial charge on any atom is 0.320 e.